The van der Waals surface area contributed by atoms with Gasteiger partial charge in [-0.3, -0.25) is 0 Å². The molecule has 1 aliphatic carbocycles. The van der Waals surface area contributed by atoms with Crippen LogP contribution in [-0.4, -0.2) is 19.6 Å². The van der Waals surface area contributed by atoms with Gasteiger partial charge in [-0.25, -0.2) is 0 Å². The second kappa shape index (κ2) is 5.35. The Bertz CT molecular complexity index is 331. The van der Waals surface area contributed by atoms with Crippen LogP contribution in [-0.2, 0) is 0 Å². The van der Waals surface area contributed by atoms with Gasteiger partial charge >= 0.3 is 0 Å². The van der Waals surface area contributed by atoms with Gasteiger partial charge < -0.3 is 10.6 Å². The van der Waals surface area contributed by atoms with Crippen LogP contribution in [0.2, 0.25) is 0 Å². The number of rotatable bonds is 6. The molecule has 1 saturated carbocycles. The molecule has 2 nitrogen and oxygen atoms in total. The van der Waals surface area contributed by atoms with Crippen molar-refractivity contribution in [3.8, 4) is 0 Å². The molecule has 2 N–H and O–H groups in total. The maximum atomic E-state index is 5.61. The Hall–Kier alpha value is -1.02. The lowest BCUT2D eigenvalue weighted by Gasteiger charge is -2.26. The SMILES string of the molecule is Cc1ccccc1N(CCCN)CC1CC1. The van der Waals surface area contributed by atoms with Crippen molar-refractivity contribution in [2.24, 2.45) is 11.7 Å². The predicted molar refractivity (Wildman–Crippen MR) is 69.8 cm³/mol. The smallest absolute Gasteiger partial charge is 0.0396 e. The number of hydrogen-bond acceptors (Lipinski definition) is 2. The molecule has 0 radical (unpaired) electrons. The Morgan fingerprint density at radius 3 is 2.69 bits per heavy atom. The number of benzene rings is 1. The Morgan fingerprint density at radius 1 is 1.31 bits per heavy atom. The van der Waals surface area contributed by atoms with Crippen molar-refractivity contribution in [1.29, 1.82) is 0 Å². The standard InChI is InChI=1S/C14H22N2/c1-12-5-2-3-6-14(12)16(10-4-9-15)11-13-7-8-13/h2-3,5-6,13H,4,7-11,15H2,1H3. The minimum Gasteiger partial charge on any atom is -0.371 e. The molecule has 1 fully saturated rings. The Kier molecular flexibility index (Phi) is 3.83. The van der Waals surface area contributed by atoms with E-state index in [1.807, 2.05) is 0 Å². The third kappa shape index (κ3) is 2.99. The van der Waals surface area contributed by atoms with Crippen molar-refractivity contribution >= 4 is 5.69 Å². The average Bonchev–Trinajstić information content (AvgIpc) is 3.09. The van der Waals surface area contributed by atoms with Gasteiger partial charge in [0.2, 0.25) is 0 Å². The molecule has 0 amide bonds. The first kappa shape index (κ1) is 11.5. The van der Waals surface area contributed by atoms with Gasteiger partial charge in [-0.2, -0.15) is 0 Å². The van der Waals surface area contributed by atoms with Gasteiger partial charge in [0, 0.05) is 18.8 Å². The molecular formula is C14H22N2. The van der Waals surface area contributed by atoms with Crippen LogP contribution in [0.4, 0.5) is 5.69 Å². The molecule has 16 heavy (non-hydrogen) atoms. The van der Waals surface area contributed by atoms with Crippen molar-refractivity contribution in [3.63, 3.8) is 0 Å². The molecule has 0 spiro atoms. The fourth-order valence-electron chi connectivity index (χ4n) is 2.12. The largest absolute Gasteiger partial charge is 0.371 e. The first-order valence-electron chi connectivity index (χ1n) is 6.32. The van der Waals surface area contributed by atoms with E-state index in [2.05, 4.69) is 36.1 Å². The first-order valence-corrected chi connectivity index (χ1v) is 6.32. The lowest BCUT2D eigenvalue weighted by atomic mass is 10.1. The molecule has 0 atom stereocenters. The topological polar surface area (TPSA) is 29.3 Å². The van der Waals surface area contributed by atoms with Gasteiger partial charge in [-0.15, -0.1) is 0 Å². The Balaban J connectivity index is 2.06. The minimum absolute atomic E-state index is 0.785. The lowest BCUT2D eigenvalue weighted by molar-refractivity contribution is 0.689. The van der Waals surface area contributed by atoms with E-state index in [1.165, 1.54) is 30.6 Å². The zero-order chi connectivity index (χ0) is 11.4. The molecule has 88 valence electrons. The van der Waals surface area contributed by atoms with Crippen molar-refractivity contribution in [1.82, 2.24) is 0 Å². The van der Waals surface area contributed by atoms with E-state index in [9.17, 15) is 0 Å². The monoisotopic (exact) mass is 218 g/mol. The molecule has 0 saturated heterocycles. The van der Waals surface area contributed by atoms with Crippen LogP contribution in [0.1, 0.15) is 24.8 Å². The van der Waals surface area contributed by atoms with E-state index in [0.29, 0.717) is 0 Å². The van der Waals surface area contributed by atoms with Crippen molar-refractivity contribution in [2.45, 2.75) is 26.2 Å². The van der Waals surface area contributed by atoms with Crippen LogP contribution in [0.15, 0.2) is 24.3 Å². The second-order valence-electron chi connectivity index (χ2n) is 4.82. The highest BCUT2D eigenvalue weighted by Gasteiger charge is 2.24. The van der Waals surface area contributed by atoms with Gasteiger partial charge in [0.1, 0.15) is 0 Å². The maximum Gasteiger partial charge on any atom is 0.0396 e. The van der Waals surface area contributed by atoms with E-state index in [4.69, 9.17) is 5.73 Å². The average molecular weight is 218 g/mol. The summed E-state index contributed by atoms with van der Waals surface area (Å²) in [5.74, 6) is 0.928. The molecule has 0 aromatic heterocycles. The van der Waals surface area contributed by atoms with Crippen molar-refractivity contribution < 1.29 is 0 Å². The zero-order valence-corrected chi connectivity index (χ0v) is 10.2. The molecule has 1 aromatic carbocycles. The predicted octanol–water partition coefficient (Wildman–Crippen LogP) is 2.56. The highest BCUT2D eigenvalue weighted by atomic mass is 15.1. The third-order valence-electron chi connectivity index (χ3n) is 3.26. The summed E-state index contributed by atoms with van der Waals surface area (Å²) < 4.78 is 0. The second-order valence-corrected chi connectivity index (χ2v) is 4.82. The normalized spacial score (nSPS) is 15.1. The summed E-state index contributed by atoms with van der Waals surface area (Å²) in [6, 6.07) is 8.66. The molecule has 0 aliphatic heterocycles. The molecule has 2 heteroatoms. The molecule has 0 unspecified atom stereocenters. The van der Waals surface area contributed by atoms with Crippen LogP contribution in [0.25, 0.3) is 0 Å². The maximum absolute atomic E-state index is 5.61. The summed E-state index contributed by atoms with van der Waals surface area (Å²) in [4.78, 5) is 2.51. The summed E-state index contributed by atoms with van der Waals surface area (Å²) in [7, 11) is 0. The summed E-state index contributed by atoms with van der Waals surface area (Å²) in [5, 5.41) is 0. The zero-order valence-electron chi connectivity index (χ0n) is 10.2. The van der Waals surface area contributed by atoms with Gasteiger partial charge in [-0.1, -0.05) is 18.2 Å². The Morgan fingerprint density at radius 2 is 2.06 bits per heavy atom. The molecule has 2 rings (SSSR count). The third-order valence-corrected chi connectivity index (χ3v) is 3.26. The number of anilines is 1. The first-order chi connectivity index (χ1) is 7.81. The Labute approximate surface area is 98.4 Å². The van der Waals surface area contributed by atoms with Crippen molar-refractivity contribution in [2.75, 3.05) is 24.5 Å². The van der Waals surface area contributed by atoms with Crippen molar-refractivity contribution in [3.05, 3.63) is 29.8 Å². The van der Waals surface area contributed by atoms with E-state index in [1.54, 1.807) is 0 Å². The minimum atomic E-state index is 0.785. The van der Waals surface area contributed by atoms with E-state index < -0.39 is 0 Å². The molecular weight excluding hydrogens is 196 g/mol. The van der Waals surface area contributed by atoms with E-state index in [-0.39, 0.29) is 0 Å². The molecule has 0 bridgehead atoms. The number of nitrogens with two attached hydrogens (primary N) is 1. The number of aryl methyl sites for hydroxylation is 1. The summed E-state index contributed by atoms with van der Waals surface area (Å²) in [5.41, 5.74) is 8.38. The fourth-order valence-corrected chi connectivity index (χ4v) is 2.12. The summed E-state index contributed by atoms with van der Waals surface area (Å²) in [6.07, 6.45) is 3.90. The number of para-hydroxylation sites is 1. The van der Waals surface area contributed by atoms with Gasteiger partial charge in [0.25, 0.3) is 0 Å². The quantitative estimate of drug-likeness (QED) is 0.795. The fraction of sp³-hybridized carbons (Fsp3) is 0.571. The van der Waals surface area contributed by atoms with Crippen LogP contribution in [0.3, 0.4) is 0 Å². The molecule has 1 aromatic rings. The number of hydrogen-bond donors (Lipinski definition) is 1. The van der Waals surface area contributed by atoms with E-state index in [0.717, 1.165) is 25.4 Å². The summed E-state index contributed by atoms with van der Waals surface area (Å²) >= 11 is 0. The van der Waals surface area contributed by atoms with Gasteiger partial charge in [-0.05, 0) is 50.3 Å². The van der Waals surface area contributed by atoms with Crippen LogP contribution >= 0.6 is 0 Å². The summed E-state index contributed by atoms with van der Waals surface area (Å²) in [6.45, 7) is 5.29. The highest BCUT2D eigenvalue weighted by molar-refractivity contribution is 5.53. The lowest BCUT2D eigenvalue weighted by Crippen LogP contribution is -2.28. The van der Waals surface area contributed by atoms with Crippen LogP contribution in [0.5, 0.6) is 0 Å². The molecule has 0 heterocycles. The van der Waals surface area contributed by atoms with Crippen LogP contribution < -0.4 is 10.6 Å². The van der Waals surface area contributed by atoms with Gasteiger partial charge in [0.15, 0.2) is 0 Å². The highest BCUT2D eigenvalue weighted by Crippen LogP contribution is 2.32. The molecule has 1 aliphatic rings. The number of nitrogens with zero attached hydrogens (tertiary/aromatic N) is 1. The van der Waals surface area contributed by atoms with Gasteiger partial charge in [0.05, 0.1) is 0 Å². The van der Waals surface area contributed by atoms with E-state index >= 15 is 0 Å². The van der Waals surface area contributed by atoms with Crippen LogP contribution in [0, 0.1) is 12.8 Å².